The maximum Gasteiger partial charge on any atom is 0.491 e. The summed E-state index contributed by atoms with van der Waals surface area (Å²) in [7, 11) is -4.81. The SMILES string of the molecule is O=S(=O)(Nc1ccc2c(c1)B(O)OC2)c1ccccc1Cl. The molecule has 0 fully saturated rings. The normalized spacial score (nSPS) is 14.1. The summed E-state index contributed by atoms with van der Waals surface area (Å²) in [6.45, 7) is 0.314. The highest BCUT2D eigenvalue weighted by atomic mass is 35.5. The van der Waals surface area contributed by atoms with Gasteiger partial charge in [0.1, 0.15) is 4.90 Å². The van der Waals surface area contributed by atoms with Crippen LogP contribution in [0.2, 0.25) is 5.02 Å². The van der Waals surface area contributed by atoms with Gasteiger partial charge in [0.15, 0.2) is 0 Å². The molecule has 1 aliphatic heterocycles. The number of fused-ring (bicyclic) bond motifs is 1. The summed E-state index contributed by atoms with van der Waals surface area (Å²) in [6.07, 6.45) is 0. The molecule has 2 aromatic rings. The van der Waals surface area contributed by atoms with Crippen molar-refractivity contribution in [3.05, 3.63) is 53.1 Å². The molecular weight excluding hydrogens is 312 g/mol. The van der Waals surface area contributed by atoms with E-state index >= 15 is 0 Å². The molecule has 5 nitrogen and oxygen atoms in total. The number of benzene rings is 2. The van der Waals surface area contributed by atoms with Crippen molar-refractivity contribution in [3.63, 3.8) is 0 Å². The van der Waals surface area contributed by atoms with Gasteiger partial charge in [0, 0.05) is 5.69 Å². The Labute approximate surface area is 127 Å². The van der Waals surface area contributed by atoms with Crippen LogP contribution < -0.4 is 10.2 Å². The van der Waals surface area contributed by atoms with E-state index in [2.05, 4.69) is 4.72 Å². The molecule has 1 heterocycles. The van der Waals surface area contributed by atoms with E-state index in [-0.39, 0.29) is 9.92 Å². The van der Waals surface area contributed by atoms with Gasteiger partial charge in [-0.3, -0.25) is 4.72 Å². The Morgan fingerprint density at radius 3 is 2.76 bits per heavy atom. The van der Waals surface area contributed by atoms with Gasteiger partial charge in [-0.05, 0) is 35.3 Å². The summed E-state index contributed by atoms with van der Waals surface area (Å²) in [5.74, 6) is 0. The summed E-state index contributed by atoms with van der Waals surface area (Å²) in [4.78, 5) is 0.00367. The van der Waals surface area contributed by atoms with Crippen molar-refractivity contribution < 1.29 is 18.1 Å². The third-order valence-corrected chi connectivity index (χ3v) is 5.07. The van der Waals surface area contributed by atoms with E-state index in [1.807, 2.05) is 0 Å². The van der Waals surface area contributed by atoms with Gasteiger partial charge in [-0.2, -0.15) is 0 Å². The van der Waals surface area contributed by atoms with Crippen LogP contribution in [0.4, 0.5) is 5.69 Å². The lowest BCUT2D eigenvalue weighted by molar-refractivity contribution is 0.275. The molecule has 0 saturated heterocycles. The minimum absolute atomic E-state index is 0.00367. The molecule has 0 unspecified atom stereocenters. The van der Waals surface area contributed by atoms with E-state index in [4.69, 9.17) is 16.3 Å². The highest BCUT2D eigenvalue weighted by Crippen LogP contribution is 2.23. The minimum atomic E-state index is -3.78. The lowest BCUT2D eigenvalue weighted by Gasteiger charge is -2.10. The molecule has 21 heavy (non-hydrogen) atoms. The van der Waals surface area contributed by atoms with Gasteiger partial charge in [0.2, 0.25) is 0 Å². The Kier molecular flexibility index (Phi) is 3.67. The highest BCUT2D eigenvalue weighted by Gasteiger charge is 2.28. The average Bonchev–Trinajstić information content (AvgIpc) is 2.80. The van der Waals surface area contributed by atoms with Crippen molar-refractivity contribution in [1.29, 1.82) is 0 Å². The lowest BCUT2D eigenvalue weighted by Crippen LogP contribution is -2.28. The van der Waals surface area contributed by atoms with Crippen LogP contribution in [-0.2, 0) is 21.3 Å². The van der Waals surface area contributed by atoms with Crippen LogP contribution >= 0.6 is 11.6 Å². The number of hydrogen-bond acceptors (Lipinski definition) is 4. The summed E-state index contributed by atoms with van der Waals surface area (Å²) < 4.78 is 32.1. The summed E-state index contributed by atoms with van der Waals surface area (Å²) in [5, 5.41) is 9.79. The maximum absolute atomic E-state index is 12.3. The Bertz CT molecular complexity index is 797. The second kappa shape index (κ2) is 5.34. The van der Waals surface area contributed by atoms with Crippen LogP contribution in [0.1, 0.15) is 5.56 Å². The van der Waals surface area contributed by atoms with Gasteiger partial charge in [0.25, 0.3) is 10.0 Å². The van der Waals surface area contributed by atoms with Crippen molar-refractivity contribution in [2.45, 2.75) is 11.5 Å². The average molecular weight is 324 g/mol. The minimum Gasteiger partial charge on any atom is -0.423 e. The molecule has 2 N–H and O–H groups in total. The van der Waals surface area contributed by atoms with Gasteiger partial charge in [-0.15, -0.1) is 0 Å². The Morgan fingerprint density at radius 2 is 2.00 bits per heavy atom. The van der Waals surface area contributed by atoms with E-state index in [1.165, 1.54) is 12.1 Å². The van der Waals surface area contributed by atoms with E-state index in [0.29, 0.717) is 17.8 Å². The fourth-order valence-corrected chi connectivity index (χ4v) is 3.72. The van der Waals surface area contributed by atoms with Crippen molar-refractivity contribution in [2.24, 2.45) is 0 Å². The van der Waals surface area contributed by atoms with Crippen LogP contribution in [-0.4, -0.2) is 20.6 Å². The number of halogens is 1. The van der Waals surface area contributed by atoms with Crippen molar-refractivity contribution >= 4 is 39.9 Å². The molecule has 0 aliphatic carbocycles. The molecule has 0 amide bonds. The second-order valence-electron chi connectivity index (χ2n) is 4.61. The van der Waals surface area contributed by atoms with Gasteiger partial charge < -0.3 is 9.68 Å². The first-order valence-corrected chi connectivity index (χ1v) is 8.03. The number of anilines is 1. The Morgan fingerprint density at radius 1 is 1.24 bits per heavy atom. The van der Waals surface area contributed by atoms with Crippen molar-refractivity contribution in [1.82, 2.24) is 0 Å². The summed E-state index contributed by atoms with van der Waals surface area (Å²) in [5.41, 5.74) is 1.75. The summed E-state index contributed by atoms with van der Waals surface area (Å²) in [6, 6.07) is 11.1. The zero-order valence-corrected chi connectivity index (χ0v) is 12.4. The van der Waals surface area contributed by atoms with Crippen LogP contribution in [0.15, 0.2) is 47.4 Å². The lowest BCUT2D eigenvalue weighted by atomic mass is 9.79. The molecule has 108 valence electrons. The molecular formula is C13H11BClNO4S. The topological polar surface area (TPSA) is 75.6 Å². The Hall–Kier alpha value is -1.54. The largest absolute Gasteiger partial charge is 0.491 e. The quantitative estimate of drug-likeness (QED) is 0.836. The van der Waals surface area contributed by atoms with E-state index in [1.54, 1.807) is 30.3 Å². The molecule has 2 aromatic carbocycles. The van der Waals surface area contributed by atoms with E-state index in [9.17, 15) is 13.4 Å². The third-order valence-electron chi connectivity index (χ3n) is 3.19. The number of hydrogen-bond donors (Lipinski definition) is 2. The predicted octanol–water partition coefficient (Wildman–Crippen LogP) is 1.36. The number of nitrogens with one attached hydrogen (secondary N) is 1. The number of sulfonamides is 1. The molecule has 0 atom stereocenters. The number of rotatable bonds is 3. The Balaban J connectivity index is 1.94. The first-order chi connectivity index (χ1) is 9.97. The zero-order chi connectivity index (χ0) is 15.0. The smallest absolute Gasteiger partial charge is 0.423 e. The van der Waals surface area contributed by atoms with Crippen LogP contribution in [0, 0.1) is 0 Å². The molecule has 0 bridgehead atoms. The van der Waals surface area contributed by atoms with Gasteiger partial charge in [0.05, 0.1) is 11.6 Å². The first kappa shape index (κ1) is 14.4. The fourth-order valence-electron chi connectivity index (χ4n) is 2.15. The van der Waals surface area contributed by atoms with Gasteiger partial charge >= 0.3 is 7.12 Å². The standard InChI is InChI=1S/C13H11BClNO4S/c15-12-3-1-2-4-13(12)21(18,19)16-10-6-5-9-8-20-14(17)11(9)7-10/h1-7,16-17H,8H2. The van der Waals surface area contributed by atoms with Crippen molar-refractivity contribution in [2.75, 3.05) is 4.72 Å². The molecule has 0 spiro atoms. The maximum atomic E-state index is 12.3. The molecule has 0 radical (unpaired) electrons. The monoisotopic (exact) mass is 323 g/mol. The zero-order valence-electron chi connectivity index (χ0n) is 10.8. The second-order valence-corrected chi connectivity index (χ2v) is 6.67. The first-order valence-electron chi connectivity index (χ1n) is 6.17. The van der Waals surface area contributed by atoms with Gasteiger partial charge in [-0.25, -0.2) is 8.42 Å². The fraction of sp³-hybridized carbons (Fsp3) is 0.0769. The van der Waals surface area contributed by atoms with E-state index < -0.39 is 17.1 Å². The summed E-state index contributed by atoms with van der Waals surface area (Å²) >= 11 is 5.91. The molecule has 3 rings (SSSR count). The van der Waals surface area contributed by atoms with E-state index in [0.717, 1.165) is 5.56 Å². The van der Waals surface area contributed by atoms with Crippen molar-refractivity contribution in [3.8, 4) is 0 Å². The van der Waals surface area contributed by atoms with Gasteiger partial charge in [-0.1, -0.05) is 29.8 Å². The molecule has 1 aliphatic rings. The predicted molar refractivity (Wildman–Crippen MR) is 81.1 cm³/mol. The molecule has 8 heteroatoms. The highest BCUT2D eigenvalue weighted by molar-refractivity contribution is 7.92. The van der Waals surface area contributed by atoms with Crippen LogP contribution in [0.3, 0.4) is 0 Å². The molecule has 0 aromatic heterocycles. The molecule has 0 saturated carbocycles. The van der Waals surface area contributed by atoms with Crippen LogP contribution in [0.5, 0.6) is 0 Å². The third kappa shape index (κ3) is 2.78. The van der Waals surface area contributed by atoms with Crippen LogP contribution in [0.25, 0.3) is 0 Å².